The molecule has 10 heteroatoms. The Morgan fingerprint density at radius 3 is 2.33 bits per heavy atom. The third-order valence-corrected chi connectivity index (χ3v) is 7.61. The van der Waals surface area contributed by atoms with E-state index in [1.54, 1.807) is 30.2 Å². The monoisotopic (exact) mass is 534 g/mol. The molecule has 0 bridgehead atoms. The number of amidine groups is 1. The van der Waals surface area contributed by atoms with Crippen LogP contribution in [0.2, 0.25) is 5.02 Å². The molecule has 2 rings (SSSR count). The van der Waals surface area contributed by atoms with Crippen LogP contribution in [0.1, 0.15) is 38.3 Å². The van der Waals surface area contributed by atoms with Crippen molar-refractivity contribution in [3.63, 3.8) is 0 Å². The van der Waals surface area contributed by atoms with Crippen LogP contribution in [-0.4, -0.2) is 58.0 Å². The molecule has 0 spiro atoms. The maximum atomic E-state index is 15.4. The van der Waals surface area contributed by atoms with Crippen molar-refractivity contribution in [1.82, 2.24) is 4.90 Å². The predicted octanol–water partition coefficient (Wildman–Crippen LogP) is 5.13. The van der Waals surface area contributed by atoms with Crippen molar-refractivity contribution in [3.05, 3.63) is 70.3 Å². The number of benzene rings is 2. The number of aliphatic imine (C=N–C) groups is 2. The molecule has 0 N–H and O–H groups in total. The highest BCUT2D eigenvalue weighted by molar-refractivity contribution is 7.91. The van der Waals surface area contributed by atoms with Crippen LogP contribution in [0.25, 0.3) is 0 Å². The fourth-order valence-corrected chi connectivity index (χ4v) is 5.25. The molecule has 194 valence electrons. The van der Waals surface area contributed by atoms with Gasteiger partial charge in [-0.3, -0.25) is 0 Å². The van der Waals surface area contributed by atoms with Gasteiger partial charge in [-0.2, -0.15) is 0 Å². The third-order valence-electron chi connectivity index (χ3n) is 5.59. The van der Waals surface area contributed by atoms with Crippen molar-refractivity contribution in [2.24, 2.45) is 9.98 Å². The van der Waals surface area contributed by atoms with Crippen LogP contribution in [0, 0.1) is 5.82 Å². The number of anilines is 1. The van der Waals surface area contributed by atoms with Gasteiger partial charge >= 0.3 is 0 Å². The van der Waals surface area contributed by atoms with Crippen molar-refractivity contribution in [2.75, 3.05) is 30.8 Å². The molecular formula is C26H32ClFN4O3S. The Morgan fingerprint density at radius 1 is 1.17 bits per heavy atom. The highest BCUT2D eigenvalue weighted by atomic mass is 35.5. The van der Waals surface area contributed by atoms with Gasteiger partial charge in [0, 0.05) is 38.1 Å². The van der Waals surface area contributed by atoms with Crippen molar-refractivity contribution in [2.45, 2.75) is 38.6 Å². The molecule has 0 saturated carbocycles. The molecule has 0 fully saturated rings. The molecule has 0 aliphatic rings. The number of hydrogen-bond donors (Lipinski definition) is 0. The lowest BCUT2D eigenvalue weighted by Gasteiger charge is -2.24. The zero-order valence-corrected chi connectivity index (χ0v) is 22.6. The van der Waals surface area contributed by atoms with Gasteiger partial charge in [0.05, 0.1) is 21.9 Å². The summed E-state index contributed by atoms with van der Waals surface area (Å²) in [6.07, 6.45) is 2.13. The van der Waals surface area contributed by atoms with E-state index in [0.29, 0.717) is 36.8 Å². The van der Waals surface area contributed by atoms with Crippen LogP contribution >= 0.6 is 11.6 Å². The van der Waals surface area contributed by atoms with Crippen LogP contribution in [0.15, 0.2) is 63.2 Å². The summed E-state index contributed by atoms with van der Waals surface area (Å²) in [6, 6.07) is 9.51. The summed E-state index contributed by atoms with van der Waals surface area (Å²) in [4.78, 5) is 22.8. The number of rotatable bonds is 12. The summed E-state index contributed by atoms with van der Waals surface area (Å²) >= 11 is 5.98. The average Bonchev–Trinajstić information content (AvgIpc) is 2.86. The Hall–Kier alpha value is -3.04. The van der Waals surface area contributed by atoms with Crippen LogP contribution in [0.3, 0.4) is 0 Å². The topological polar surface area (TPSA) is 82.4 Å². The molecule has 2 aromatic rings. The molecule has 0 radical (unpaired) electrons. The maximum absolute atomic E-state index is 15.4. The van der Waals surface area contributed by atoms with Gasteiger partial charge in [-0.25, -0.2) is 22.8 Å². The standard InChI is InChI=1S/C26H32ClFN4O3S/c1-6-25(32(7-2)8-3)30-26(29-4)21-16-23(31(5)18-19-10-12-20(27)13-11-19)24(17-22(21)28)36(34,35)15-9-14-33/h6,10-14,16-17H,4,7-9,15,18H2,1-3,5H3/b25-6+,30-26-. The number of halogens is 2. The van der Waals surface area contributed by atoms with E-state index >= 15 is 4.39 Å². The second kappa shape index (κ2) is 13.3. The predicted molar refractivity (Wildman–Crippen MR) is 145 cm³/mol. The minimum Gasteiger partial charge on any atom is -0.369 e. The molecular weight excluding hydrogens is 503 g/mol. The van der Waals surface area contributed by atoms with Crippen molar-refractivity contribution in [1.29, 1.82) is 0 Å². The van der Waals surface area contributed by atoms with E-state index < -0.39 is 21.4 Å². The number of allylic oxidation sites excluding steroid dienone is 1. The Labute approximate surface area is 217 Å². The van der Waals surface area contributed by atoms with Crippen molar-refractivity contribution in [3.8, 4) is 0 Å². The number of carbonyl (C=O) groups excluding carboxylic acids is 1. The highest BCUT2D eigenvalue weighted by Gasteiger charge is 2.25. The number of aldehydes is 1. The van der Waals surface area contributed by atoms with Crippen molar-refractivity contribution >= 4 is 46.0 Å². The number of sulfone groups is 1. The summed E-state index contributed by atoms with van der Waals surface area (Å²) in [6.45, 7) is 11.0. The summed E-state index contributed by atoms with van der Waals surface area (Å²) in [7, 11) is -2.25. The van der Waals surface area contributed by atoms with E-state index in [1.807, 2.05) is 37.8 Å². The van der Waals surface area contributed by atoms with Gasteiger partial charge < -0.3 is 14.6 Å². The fourth-order valence-electron chi connectivity index (χ4n) is 3.68. The van der Waals surface area contributed by atoms with E-state index in [4.69, 9.17) is 11.6 Å². The number of hydrogen-bond acceptors (Lipinski definition) is 6. The Morgan fingerprint density at radius 2 is 1.81 bits per heavy atom. The van der Waals surface area contributed by atoms with Gasteiger partial charge in [0.2, 0.25) is 0 Å². The molecule has 36 heavy (non-hydrogen) atoms. The lowest BCUT2D eigenvalue weighted by molar-refractivity contribution is -0.107. The molecule has 0 heterocycles. The maximum Gasteiger partial charge on any atom is 0.180 e. The minimum absolute atomic E-state index is 0.0174. The Bertz CT molecular complexity index is 1240. The first-order valence-electron chi connectivity index (χ1n) is 11.5. The molecule has 0 saturated heterocycles. The van der Waals surface area contributed by atoms with E-state index in [1.165, 1.54) is 6.07 Å². The van der Waals surface area contributed by atoms with Crippen LogP contribution < -0.4 is 4.90 Å². The quantitative estimate of drug-likeness (QED) is 0.214. The summed E-state index contributed by atoms with van der Waals surface area (Å²) < 4.78 is 41.5. The summed E-state index contributed by atoms with van der Waals surface area (Å²) in [5.74, 6) is -0.599. The first kappa shape index (κ1) is 29.2. The van der Waals surface area contributed by atoms with Gasteiger partial charge in [0.25, 0.3) is 0 Å². The van der Waals surface area contributed by atoms with Gasteiger partial charge in [-0.05, 0) is 63.4 Å². The third kappa shape index (κ3) is 7.24. The average molecular weight is 535 g/mol. The lowest BCUT2D eigenvalue weighted by Crippen LogP contribution is -2.23. The fraction of sp³-hybridized carbons (Fsp3) is 0.346. The van der Waals surface area contributed by atoms with E-state index in [0.717, 1.165) is 11.6 Å². The molecule has 0 unspecified atom stereocenters. The first-order valence-corrected chi connectivity index (χ1v) is 13.6. The molecule has 0 aliphatic carbocycles. The van der Waals surface area contributed by atoms with Gasteiger partial charge in [0.1, 0.15) is 17.9 Å². The number of nitrogens with zero attached hydrogens (tertiary/aromatic N) is 4. The van der Waals surface area contributed by atoms with Gasteiger partial charge in [-0.15, -0.1) is 0 Å². The minimum atomic E-state index is -3.96. The van der Waals surface area contributed by atoms with Crippen LogP contribution in [-0.2, 0) is 21.2 Å². The molecule has 7 nitrogen and oxygen atoms in total. The van der Waals surface area contributed by atoms with Crippen LogP contribution in [0.5, 0.6) is 0 Å². The Balaban J connectivity index is 2.69. The Kier molecular flexibility index (Phi) is 10.8. The molecule has 0 aliphatic heterocycles. The van der Waals surface area contributed by atoms with E-state index in [2.05, 4.69) is 16.7 Å². The van der Waals surface area contributed by atoms with E-state index in [9.17, 15) is 13.2 Å². The first-order chi connectivity index (χ1) is 17.1. The molecule has 0 atom stereocenters. The SMILES string of the molecule is C=N/C(=N\C(=C/C)N(CC)CC)c1cc(N(C)Cc2ccc(Cl)cc2)c(S(=O)(=O)CCC=O)cc1F. The number of carbonyl (C=O) groups is 1. The summed E-state index contributed by atoms with van der Waals surface area (Å²) in [5, 5.41) is 0.577. The highest BCUT2D eigenvalue weighted by Crippen LogP contribution is 2.31. The largest absolute Gasteiger partial charge is 0.369 e. The zero-order chi connectivity index (χ0) is 26.9. The molecule has 0 amide bonds. The molecule has 2 aromatic carbocycles. The van der Waals surface area contributed by atoms with Crippen LogP contribution in [0.4, 0.5) is 10.1 Å². The van der Waals surface area contributed by atoms with Gasteiger partial charge in [0.15, 0.2) is 15.7 Å². The summed E-state index contributed by atoms with van der Waals surface area (Å²) in [5.41, 5.74) is 1.15. The second-order valence-corrected chi connectivity index (χ2v) is 10.5. The van der Waals surface area contributed by atoms with Gasteiger partial charge in [-0.1, -0.05) is 23.7 Å². The smallest absolute Gasteiger partial charge is 0.180 e. The normalized spacial score (nSPS) is 12.4. The second-order valence-electron chi connectivity index (χ2n) is 7.97. The zero-order valence-electron chi connectivity index (χ0n) is 21.0. The molecule has 0 aromatic heterocycles. The van der Waals surface area contributed by atoms with E-state index in [-0.39, 0.29) is 28.4 Å². The van der Waals surface area contributed by atoms with Crippen molar-refractivity contribution < 1.29 is 17.6 Å². The lowest BCUT2D eigenvalue weighted by atomic mass is 10.1.